The fourth-order valence-corrected chi connectivity index (χ4v) is 3.77. The molecule has 3 aromatic heterocycles. The quantitative estimate of drug-likeness (QED) is 0.461. The van der Waals surface area contributed by atoms with Crippen molar-refractivity contribution in [2.24, 2.45) is 0 Å². The van der Waals surface area contributed by atoms with Crippen LogP contribution in [0.5, 0.6) is 0 Å². The molecule has 0 aliphatic carbocycles. The Bertz CT molecular complexity index is 1430. The predicted octanol–water partition coefficient (Wildman–Crippen LogP) is 3.85. The van der Waals surface area contributed by atoms with Crippen LogP contribution in [0.15, 0.2) is 60.7 Å². The standard InChI is InChI=1S/C24H21N7O/c1-3-14-25-24(32)20-15(2)31-23(29-26-20)19-18(16-10-6-4-7-11-16)21(27-28-22(19)30-31)17-12-8-5-9-13-17/h4-13H,3,14H2,1-2H3,(H,25,32). The topological polar surface area (TPSA) is 98.0 Å². The largest absolute Gasteiger partial charge is 0.351 e. The van der Waals surface area contributed by atoms with Gasteiger partial charge < -0.3 is 5.32 Å². The highest BCUT2D eigenvalue weighted by Gasteiger charge is 2.23. The van der Waals surface area contributed by atoms with Crippen molar-refractivity contribution in [3.63, 3.8) is 0 Å². The van der Waals surface area contributed by atoms with E-state index in [-0.39, 0.29) is 11.6 Å². The lowest BCUT2D eigenvalue weighted by Gasteiger charge is -2.10. The maximum absolute atomic E-state index is 12.5. The van der Waals surface area contributed by atoms with E-state index in [4.69, 9.17) is 0 Å². The van der Waals surface area contributed by atoms with Crippen molar-refractivity contribution in [3.8, 4) is 22.4 Å². The zero-order valence-corrected chi connectivity index (χ0v) is 17.8. The van der Waals surface area contributed by atoms with Gasteiger partial charge in [-0.05, 0) is 18.9 Å². The van der Waals surface area contributed by atoms with Crippen molar-refractivity contribution >= 4 is 22.6 Å². The van der Waals surface area contributed by atoms with Crippen molar-refractivity contribution in [3.05, 3.63) is 72.1 Å². The first-order valence-corrected chi connectivity index (χ1v) is 10.5. The number of aryl methyl sites for hydroxylation is 1. The summed E-state index contributed by atoms with van der Waals surface area (Å²) in [6.45, 7) is 4.38. The summed E-state index contributed by atoms with van der Waals surface area (Å²) in [5.41, 5.74) is 5.38. The van der Waals surface area contributed by atoms with Gasteiger partial charge in [-0.1, -0.05) is 67.6 Å². The van der Waals surface area contributed by atoms with Gasteiger partial charge in [-0.15, -0.1) is 25.5 Å². The summed E-state index contributed by atoms with van der Waals surface area (Å²) in [5, 5.41) is 25.8. The van der Waals surface area contributed by atoms with Gasteiger partial charge in [0, 0.05) is 17.7 Å². The summed E-state index contributed by atoms with van der Waals surface area (Å²) < 4.78 is 1.63. The van der Waals surface area contributed by atoms with Gasteiger partial charge in [0.15, 0.2) is 11.3 Å². The monoisotopic (exact) mass is 423 g/mol. The number of hydrogen-bond donors (Lipinski definition) is 1. The first kappa shape index (κ1) is 19.7. The van der Waals surface area contributed by atoms with Crippen molar-refractivity contribution in [1.82, 2.24) is 35.3 Å². The molecule has 1 N–H and O–H groups in total. The molecule has 8 heteroatoms. The van der Waals surface area contributed by atoms with Crippen LogP contribution in [0.3, 0.4) is 0 Å². The summed E-state index contributed by atoms with van der Waals surface area (Å²) in [5.74, 6) is -0.266. The normalized spacial score (nSPS) is 11.2. The van der Waals surface area contributed by atoms with Gasteiger partial charge in [0.2, 0.25) is 5.65 Å². The molecule has 0 spiro atoms. The molecule has 0 saturated carbocycles. The van der Waals surface area contributed by atoms with Crippen molar-refractivity contribution in [2.45, 2.75) is 20.3 Å². The highest BCUT2D eigenvalue weighted by Crippen LogP contribution is 2.37. The fourth-order valence-electron chi connectivity index (χ4n) is 3.77. The zero-order chi connectivity index (χ0) is 22.1. The smallest absolute Gasteiger partial charge is 0.273 e. The van der Waals surface area contributed by atoms with Gasteiger partial charge in [-0.3, -0.25) is 4.79 Å². The molecule has 0 saturated heterocycles. The summed E-state index contributed by atoms with van der Waals surface area (Å²) in [4.78, 5) is 12.5. The molecule has 32 heavy (non-hydrogen) atoms. The average molecular weight is 423 g/mol. The maximum atomic E-state index is 12.5. The third kappa shape index (κ3) is 3.26. The molecule has 5 rings (SSSR count). The van der Waals surface area contributed by atoms with Crippen LogP contribution in [0.4, 0.5) is 0 Å². The first-order chi connectivity index (χ1) is 15.7. The number of amides is 1. The highest BCUT2D eigenvalue weighted by atomic mass is 16.1. The van der Waals surface area contributed by atoms with Gasteiger partial charge in [0.05, 0.1) is 11.1 Å². The van der Waals surface area contributed by atoms with Crippen LogP contribution >= 0.6 is 0 Å². The number of nitrogens with zero attached hydrogens (tertiary/aromatic N) is 6. The maximum Gasteiger partial charge on any atom is 0.273 e. The second kappa shape index (κ2) is 8.14. The lowest BCUT2D eigenvalue weighted by Crippen LogP contribution is -2.27. The molecule has 0 atom stereocenters. The third-order valence-electron chi connectivity index (χ3n) is 5.34. The van der Waals surface area contributed by atoms with E-state index in [0.29, 0.717) is 23.5 Å². The van der Waals surface area contributed by atoms with Gasteiger partial charge in [-0.25, -0.2) is 4.52 Å². The van der Waals surface area contributed by atoms with E-state index in [1.54, 1.807) is 4.52 Å². The van der Waals surface area contributed by atoms with Crippen LogP contribution in [-0.4, -0.2) is 42.5 Å². The third-order valence-corrected chi connectivity index (χ3v) is 5.34. The molecule has 158 valence electrons. The molecular formula is C24H21N7O. The molecule has 0 aliphatic heterocycles. The first-order valence-electron chi connectivity index (χ1n) is 10.5. The number of benzene rings is 2. The van der Waals surface area contributed by atoms with E-state index in [1.807, 2.05) is 74.5 Å². The Morgan fingerprint density at radius 1 is 0.906 bits per heavy atom. The number of hydrogen-bond acceptors (Lipinski definition) is 6. The van der Waals surface area contributed by atoms with Crippen LogP contribution in [0, 0.1) is 6.92 Å². The number of fused-ring (bicyclic) bond motifs is 3. The number of rotatable bonds is 5. The summed E-state index contributed by atoms with van der Waals surface area (Å²) in [7, 11) is 0. The molecule has 3 heterocycles. The van der Waals surface area contributed by atoms with Crippen molar-refractivity contribution < 1.29 is 4.79 Å². The van der Waals surface area contributed by atoms with E-state index in [0.717, 1.165) is 34.2 Å². The van der Waals surface area contributed by atoms with Crippen LogP contribution in [0.2, 0.25) is 0 Å². The van der Waals surface area contributed by atoms with E-state index in [9.17, 15) is 4.79 Å². The Kier molecular flexibility index (Phi) is 5.03. The van der Waals surface area contributed by atoms with Crippen LogP contribution in [-0.2, 0) is 0 Å². The molecule has 0 radical (unpaired) electrons. The Labute approximate surface area is 184 Å². The number of nitrogens with one attached hydrogen (secondary N) is 1. The molecule has 0 bridgehead atoms. The Balaban J connectivity index is 1.81. The molecule has 0 aliphatic rings. The van der Waals surface area contributed by atoms with Crippen molar-refractivity contribution in [2.75, 3.05) is 6.54 Å². The second-order valence-corrected chi connectivity index (χ2v) is 7.48. The van der Waals surface area contributed by atoms with Gasteiger partial charge in [-0.2, -0.15) is 0 Å². The van der Waals surface area contributed by atoms with Gasteiger partial charge in [0.1, 0.15) is 5.69 Å². The van der Waals surface area contributed by atoms with Crippen LogP contribution < -0.4 is 5.32 Å². The second-order valence-electron chi connectivity index (χ2n) is 7.48. The van der Waals surface area contributed by atoms with Gasteiger partial charge in [0.25, 0.3) is 5.91 Å². The molecule has 1 amide bonds. The molecule has 2 aromatic carbocycles. The Morgan fingerprint density at radius 3 is 2.28 bits per heavy atom. The fraction of sp³-hybridized carbons (Fsp3) is 0.167. The van der Waals surface area contributed by atoms with E-state index < -0.39 is 0 Å². The zero-order valence-electron chi connectivity index (χ0n) is 17.8. The predicted molar refractivity (Wildman–Crippen MR) is 122 cm³/mol. The van der Waals surface area contributed by atoms with E-state index in [1.165, 1.54) is 0 Å². The molecule has 8 nitrogen and oxygen atoms in total. The Hall–Kier alpha value is -4.20. The number of carbonyl (C=O) groups excluding carboxylic acids is 1. The Morgan fingerprint density at radius 2 is 1.59 bits per heavy atom. The van der Waals surface area contributed by atoms with E-state index >= 15 is 0 Å². The summed E-state index contributed by atoms with van der Waals surface area (Å²) >= 11 is 0. The molecule has 0 fully saturated rings. The molecule has 5 aromatic rings. The van der Waals surface area contributed by atoms with E-state index in [2.05, 4.69) is 30.8 Å². The lowest BCUT2D eigenvalue weighted by molar-refractivity contribution is 0.0946. The molecular weight excluding hydrogens is 402 g/mol. The number of aromatic nitrogens is 6. The summed E-state index contributed by atoms with van der Waals surface area (Å²) in [6, 6.07) is 19.9. The van der Waals surface area contributed by atoms with Crippen molar-refractivity contribution in [1.29, 1.82) is 0 Å². The molecule has 0 unspecified atom stereocenters. The van der Waals surface area contributed by atoms with Gasteiger partial charge >= 0.3 is 0 Å². The minimum absolute atomic E-state index is 0.247. The number of carbonyl (C=O) groups is 1. The van der Waals surface area contributed by atoms with Crippen LogP contribution in [0.25, 0.3) is 39.1 Å². The minimum Gasteiger partial charge on any atom is -0.351 e. The SMILES string of the molecule is CCCNC(=O)c1nnc2c3c(-c4ccccc4)c(-c4ccccc4)nnc3nn2c1C. The van der Waals surface area contributed by atoms with Crippen LogP contribution in [0.1, 0.15) is 29.5 Å². The summed E-state index contributed by atoms with van der Waals surface area (Å²) in [6.07, 6.45) is 0.838. The minimum atomic E-state index is -0.266. The average Bonchev–Trinajstić information content (AvgIpc) is 3.23. The lowest BCUT2D eigenvalue weighted by atomic mass is 9.97. The highest BCUT2D eigenvalue weighted by molar-refractivity contribution is 6.07.